The maximum atomic E-state index is 14.3. The van der Waals surface area contributed by atoms with Crippen molar-refractivity contribution in [2.24, 2.45) is 11.3 Å². The summed E-state index contributed by atoms with van der Waals surface area (Å²) in [6.45, 7) is 8.03. The number of hydrogen-bond acceptors (Lipinski definition) is 9. The van der Waals surface area contributed by atoms with Crippen molar-refractivity contribution in [1.82, 2.24) is 39.5 Å². The number of likely N-dealkylation sites (tertiary alicyclic amines) is 2. The summed E-state index contributed by atoms with van der Waals surface area (Å²) in [4.78, 5) is 62.8. The molecule has 4 aromatic rings. The van der Waals surface area contributed by atoms with Crippen LogP contribution in [0.5, 0.6) is 0 Å². The molecule has 1 spiro atoms. The molecule has 3 fully saturated rings. The quantitative estimate of drug-likeness (QED) is 0.0819. The molecule has 2 aliphatic heterocycles. The van der Waals surface area contributed by atoms with Crippen LogP contribution in [0, 0.1) is 25.2 Å². The molecule has 3 atom stereocenters. The maximum absolute atomic E-state index is 14.3. The van der Waals surface area contributed by atoms with E-state index in [1.54, 1.807) is 29.6 Å². The summed E-state index contributed by atoms with van der Waals surface area (Å²) in [5, 5.41) is 8.18. The van der Waals surface area contributed by atoms with Gasteiger partial charge in [-0.2, -0.15) is 5.10 Å². The van der Waals surface area contributed by atoms with Gasteiger partial charge in [-0.1, -0.05) is 41.5 Å². The van der Waals surface area contributed by atoms with Crippen molar-refractivity contribution in [2.75, 3.05) is 25.0 Å². The van der Waals surface area contributed by atoms with Crippen LogP contribution in [0.2, 0.25) is 0 Å². The number of halogens is 2. The van der Waals surface area contributed by atoms with Crippen molar-refractivity contribution in [1.29, 1.82) is 0 Å². The van der Waals surface area contributed by atoms with Crippen LogP contribution in [0.1, 0.15) is 60.9 Å². The molecule has 0 bridgehead atoms. The van der Waals surface area contributed by atoms with E-state index in [0.717, 1.165) is 25.2 Å². The fourth-order valence-electron chi connectivity index (χ4n) is 7.60. The number of nitrogens with zero attached hydrogens (tertiary/aromatic N) is 8. The largest absolute Gasteiger partial charge is 0.317 e. The highest BCUT2D eigenvalue weighted by molar-refractivity contribution is 14.1. The number of carbonyl (C=O) groups excluding carboxylic acids is 3. The first-order valence-corrected chi connectivity index (χ1v) is 18.3. The van der Waals surface area contributed by atoms with Gasteiger partial charge >= 0.3 is 0 Å². The van der Waals surface area contributed by atoms with Gasteiger partial charge in [0, 0.05) is 55.8 Å². The number of Topliss-reactive ketones (excluding diaryl/α,β-unsaturated/α-hetero) is 1. The highest BCUT2D eigenvalue weighted by atomic mass is 127. The third kappa shape index (κ3) is 6.38. The van der Waals surface area contributed by atoms with Gasteiger partial charge in [-0.3, -0.25) is 24.0 Å². The molecule has 1 N–H and O–H groups in total. The lowest BCUT2D eigenvalue weighted by Crippen LogP contribution is -2.56. The first-order valence-electron chi connectivity index (χ1n) is 16.3. The molecule has 2 saturated heterocycles. The second-order valence-corrected chi connectivity index (χ2v) is 15.6. The van der Waals surface area contributed by atoms with Gasteiger partial charge in [0.05, 0.1) is 21.5 Å². The SMILES string of the molecule is CC(=O)c1nn(CC(=O)N2[C@H](I)[C@@H](CN3CC4(CCCC4)C3)C[C@H]2C(=O)Nc2nc(Br)ccc2C)c2cnc(-c3cnc(C)nc3)cc12. The summed E-state index contributed by atoms with van der Waals surface area (Å²) in [5.41, 5.74) is 3.42. The van der Waals surface area contributed by atoms with Crippen LogP contribution < -0.4 is 5.32 Å². The van der Waals surface area contributed by atoms with E-state index in [2.05, 4.69) is 73.8 Å². The van der Waals surface area contributed by atoms with Gasteiger partial charge < -0.3 is 15.1 Å². The number of hydrogen-bond donors (Lipinski definition) is 1. The molecular weight excluding hydrogens is 789 g/mol. The topological polar surface area (TPSA) is 139 Å². The van der Waals surface area contributed by atoms with E-state index in [4.69, 9.17) is 0 Å². The Kier molecular flexibility index (Phi) is 9.08. The summed E-state index contributed by atoms with van der Waals surface area (Å²) < 4.78 is 1.94. The summed E-state index contributed by atoms with van der Waals surface area (Å²) in [6.07, 6.45) is 10.8. The number of anilines is 1. The molecule has 7 rings (SSSR count). The average molecular weight is 827 g/mol. The van der Waals surface area contributed by atoms with Gasteiger partial charge in [0.2, 0.25) is 11.8 Å². The lowest BCUT2D eigenvalue weighted by atomic mass is 9.78. The second kappa shape index (κ2) is 13.2. The van der Waals surface area contributed by atoms with Crippen molar-refractivity contribution in [3.8, 4) is 11.3 Å². The number of aryl methyl sites for hydroxylation is 2. The molecule has 12 nitrogen and oxygen atoms in total. The summed E-state index contributed by atoms with van der Waals surface area (Å²) >= 11 is 5.73. The fraction of sp³-hybridized carbons (Fsp3) is 0.471. The Morgan fingerprint density at radius 2 is 1.79 bits per heavy atom. The maximum Gasteiger partial charge on any atom is 0.248 e. The molecule has 1 aliphatic carbocycles. The zero-order valence-corrected chi connectivity index (χ0v) is 30.9. The number of nitrogens with one attached hydrogen (secondary N) is 1. The van der Waals surface area contributed by atoms with Crippen LogP contribution in [-0.2, 0) is 16.1 Å². The molecule has 48 heavy (non-hydrogen) atoms. The highest BCUT2D eigenvalue weighted by Gasteiger charge is 2.50. The predicted octanol–water partition coefficient (Wildman–Crippen LogP) is 5.36. The molecule has 1 saturated carbocycles. The van der Waals surface area contributed by atoms with E-state index in [9.17, 15) is 14.4 Å². The predicted molar refractivity (Wildman–Crippen MR) is 192 cm³/mol. The van der Waals surface area contributed by atoms with E-state index in [-0.39, 0.29) is 39.8 Å². The third-order valence-corrected chi connectivity index (χ3v) is 12.1. The second-order valence-electron chi connectivity index (χ2n) is 13.5. The standard InChI is InChI=1S/C34H37BrIN9O3/c1-19-6-7-28(35)40-32(19)41-33(48)26-10-22(15-43-17-34(18-43)8-4-5-9-34)31(36)45(26)29(47)16-44-27-14-39-25(23-12-37-21(3)38-13-23)11-24(27)30(42-44)20(2)46/h6-7,11-14,22,26,31H,4-5,8-10,15-18H2,1-3H3,(H,40,41,48)/t22-,26+,31+/m1/s1. The fourth-order valence-corrected chi connectivity index (χ4v) is 9.13. The Balaban J connectivity index is 1.16. The number of aromatic nitrogens is 6. The van der Waals surface area contributed by atoms with Crippen molar-refractivity contribution in [3.05, 3.63) is 58.5 Å². The first-order chi connectivity index (χ1) is 23.0. The Hall–Kier alpha value is -3.37. The smallest absolute Gasteiger partial charge is 0.248 e. The van der Waals surface area contributed by atoms with Gasteiger partial charge in [0.1, 0.15) is 34.5 Å². The molecule has 14 heteroatoms. The normalized spacial score (nSPS) is 21.9. The van der Waals surface area contributed by atoms with Crippen LogP contribution in [0.15, 0.2) is 41.4 Å². The number of fused-ring (bicyclic) bond motifs is 1. The van der Waals surface area contributed by atoms with Crippen LogP contribution >= 0.6 is 38.5 Å². The Morgan fingerprint density at radius 1 is 1.06 bits per heavy atom. The summed E-state index contributed by atoms with van der Waals surface area (Å²) in [6, 6.07) is 4.81. The zero-order valence-electron chi connectivity index (χ0n) is 27.1. The minimum Gasteiger partial charge on any atom is -0.317 e. The third-order valence-electron chi connectivity index (χ3n) is 10.0. The number of pyridine rings is 2. The van der Waals surface area contributed by atoms with E-state index in [0.29, 0.717) is 50.2 Å². The first kappa shape index (κ1) is 33.1. The molecule has 6 heterocycles. The van der Waals surface area contributed by atoms with E-state index >= 15 is 0 Å². The van der Waals surface area contributed by atoms with Gasteiger partial charge in [0.25, 0.3) is 0 Å². The summed E-state index contributed by atoms with van der Waals surface area (Å²) in [5.74, 6) is 0.488. The Bertz CT molecular complexity index is 1900. The lowest BCUT2D eigenvalue weighted by molar-refractivity contribution is -0.137. The molecule has 0 unspecified atom stereocenters. The van der Waals surface area contributed by atoms with Gasteiger partial charge in [-0.05, 0) is 72.2 Å². The zero-order chi connectivity index (χ0) is 33.7. The summed E-state index contributed by atoms with van der Waals surface area (Å²) in [7, 11) is 0. The van der Waals surface area contributed by atoms with Crippen LogP contribution in [0.3, 0.4) is 0 Å². The van der Waals surface area contributed by atoms with Crippen molar-refractivity contribution in [2.45, 2.75) is 69.5 Å². The number of alkyl halides is 1. The Morgan fingerprint density at radius 3 is 2.50 bits per heavy atom. The van der Waals surface area contributed by atoms with Crippen molar-refractivity contribution in [3.63, 3.8) is 0 Å². The van der Waals surface area contributed by atoms with Gasteiger partial charge in [-0.25, -0.2) is 15.0 Å². The van der Waals surface area contributed by atoms with E-state index in [1.165, 1.54) is 37.3 Å². The van der Waals surface area contributed by atoms with E-state index in [1.807, 2.05) is 26.0 Å². The van der Waals surface area contributed by atoms with Crippen LogP contribution in [-0.4, -0.2) is 86.8 Å². The van der Waals surface area contributed by atoms with Crippen molar-refractivity contribution >= 4 is 72.8 Å². The monoisotopic (exact) mass is 825 g/mol. The molecule has 3 aliphatic rings. The molecule has 4 aromatic heterocycles. The Labute approximate surface area is 300 Å². The van der Waals surface area contributed by atoms with Crippen LogP contribution in [0.25, 0.3) is 22.2 Å². The lowest BCUT2D eigenvalue weighted by Gasteiger charge is -2.49. The minimum absolute atomic E-state index is 0.115. The molecule has 0 aromatic carbocycles. The van der Waals surface area contributed by atoms with Gasteiger partial charge in [0.15, 0.2) is 5.78 Å². The minimum atomic E-state index is -0.688. The van der Waals surface area contributed by atoms with Crippen molar-refractivity contribution < 1.29 is 14.4 Å². The highest BCUT2D eigenvalue weighted by Crippen LogP contribution is 2.47. The van der Waals surface area contributed by atoms with E-state index < -0.39 is 6.04 Å². The number of ketones is 1. The average Bonchev–Trinajstić information content (AvgIpc) is 3.75. The molecule has 250 valence electrons. The van der Waals surface area contributed by atoms with Gasteiger partial charge in [-0.15, -0.1) is 0 Å². The molecule has 0 radical (unpaired) electrons. The number of carbonyl (C=O) groups is 3. The molecular formula is C34H37BrIN9O3. The van der Waals surface area contributed by atoms with Crippen LogP contribution in [0.4, 0.5) is 5.82 Å². The number of rotatable bonds is 8. The molecule has 2 amide bonds. The number of amides is 2.